The fourth-order valence-electron chi connectivity index (χ4n) is 2.02. The van der Waals surface area contributed by atoms with Gasteiger partial charge in [-0.2, -0.15) is 0 Å². The number of hydrogen-bond donors (Lipinski definition) is 1. The van der Waals surface area contributed by atoms with E-state index in [0.717, 1.165) is 23.1 Å². The van der Waals surface area contributed by atoms with Crippen LogP contribution < -0.4 is 14.8 Å². The van der Waals surface area contributed by atoms with Crippen LogP contribution in [-0.4, -0.2) is 19.6 Å². The summed E-state index contributed by atoms with van der Waals surface area (Å²) in [6.45, 7) is 2.83. The van der Waals surface area contributed by atoms with Gasteiger partial charge in [0.15, 0.2) is 0 Å². The molecule has 2 rings (SSSR count). The van der Waals surface area contributed by atoms with Crippen LogP contribution in [0.25, 0.3) is 0 Å². The lowest BCUT2D eigenvalue weighted by molar-refractivity contribution is 0.102. The van der Waals surface area contributed by atoms with Crippen molar-refractivity contribution in [2.45, 2.75) is 19.8 Å². The Morgan fingerprint density at radius 3 is 2.57 bits per heavy atom. The summed E-state index contributed by atoms with van der Waals surface area (Å²) in [6, 6.07) is 12.7. The molecule has 0 atom stereocenters. The minimum absolute atomic E-state index is 0.220. The molecule has 0 fully saturated rings. The molecular weight excluding hydrogens is 358 g/mol. The molecule has 0 bridgehead atoms. The third-order valence-electron chi connectivity index (χ3n) is 3.28. The van der Waals surface area contributed by atoms with Crippen molar-refractivity contribution in [3.63, 3.8) is 0 Å². The molecule has 0 saturated heterocycles. The molecule has 122 valence electrons. The Morgan fingerprint density at radius 1 is 1.17 bits per heavy atom. The zero-order chi connectivity index (χ0) is 16.7. The molecule has 2 aromatic carbocycles. The Morgan fingerprint density at radius 2 is 1.91 bits per heavy atom. The summed E-state index contributed by atoms with van der Waals surface area (Å²) in [4.78, 5) is 12.4. The largest absolute Gasteiger partial charge is 0.496 e. The number of hydrogen-bond acceptors (Lipinski definition) is 3. The molecule has 0 unspecified atom stereocenters. The van der Waals surface area contributed by atoms with Crippen LogP contribution in [0.4, 0.5) is 5.69 Å². The van der Waals surface area contributed by atoms with E-state index in [0.29, 0.717) is 23.6 Å². The summed E-state index contributed by atoms with van der Waals surface area (Å²) in [5, 5.41) is 2.86. The maximum Gasteiger partial charge on any atom is 0.259 e. The number of amides is 1. The lowest BCUT2D eigenvalue weighted by Gasteiger charge is -2.11. The van der Waals surface area contributed by atoms with Crippen LogP contribution in [0.5, 0.6) is 11.5 Å². The van der Waals surface area contributed by atoms with E-state index in [1.807, 2.05) is 30.3 Å². The molecule has 1 N–H and O–H groups in total. The first-order valence-electron chi connectivity index (χ1n) is 7.51. The van der Waals surface area contributed by atoms with Crippen LogP contribution in [0.15, 0.2) is 46.9 Å². The first-order chi connectivity index (χ1) is 11.1. The van der Waals surface area contributed by atoms with Gasteiger partial charge in [-0.25, -0.2) is 0 Å². The SMILES string of the molecule is CCCCOc1ccc(NC(=O)c2cc(Br)ccc2OC)cc1. The first kappa shape index (κ1) is 17.3. The van der Waals surface area contributed by atoms with Gasteiger partial charge in [-0.3, -0.25) is 4.79 Å². The fourth-order valence-corrected chi connectivity index (χ4v) is 2.39. The van der Waals surface area contributed by atoms with Crippen molar-refractivity contribution in [3.05, 3.63) is 52.5 Å². The lowest BCUT2D eigenvalue weighted by atomic mass is 10.2. The van der Waals surface area contributed by atoms with Gasteiger partial charge in [0, 0.05) is 10.2 Å². The van der Waals surface area contributed by atoms with Gasteiger partial charge in [-0.1, -0.05) is 29.3 Å². The molecule has 1 amide bonds. The maximum atomic E-state index is 12.4. The van der Waals surface area contributed by atoms with Crippen molar-refractivity contribution in [3.8, 4) is 11.5 Å². The van der Waals surface area contributed by atoms with Gasteiger partial charge < -0.3 is 14.8 Å². The topological polar surface area (TPSA) is 47.6 Å². The molecule has 23 heavy (non-hydrogen) atoms. The fraction of sp³-hybridized carbons (Fsp3) is 0.278. The van der Waals surface area contributed by atoms with E-state index in [1.54, 1.807) is 19.2 Å². The van der Waals surface area contributed by atoms with Crippen LogP contribution >= 0.6 is 15.9 Å². The van der Waals surface area contributed by atoms with E-state index in [-0.39, 0.29) is 5.91 Å². The molecule has 0 spiro atoms. The average molecular weight is 378 g/mol. The Balaban J connectivity index is 2.04. The number of rotatable bonds is 7. The number of methoxy groups -OCH3 is 1. The van der Waals surface area contributed by atoms with Gasteiger partial charge >= 0.3 is 0 Å². The van der Waals surface area contributed by atoms with Gasteiger partial charge in [0.1, 0.15) is 11.5 Å². The summed E-state index contributed by atoms with van der Waals surface area (Å²) < 4.78 is 11.7. The van der Waals surface area contributed by atoms with Crippen LogP contribution in [-0.2, 0) is 0 Å². The van der Waals surface area contributed by atoms with E-state index in [2.05, 4.69) is 28.2 Å². The number of benzene rings is 2. The summed E-state index contributed by atoms with van der Waals surface area (Å²) in [5.74, 6) is 1.12. The third kappa shape index (κ3) is 4.99. The zero-order valence-corrected chi connectivity index (χ0v) is 14.9. The van der Waals surface area contributed by atoms with Crippen LogP contribution in [0.2, 0.25) is 0 Å². The average Bonchev–Trinajstić information content (AvgIpc) is 2.56. The van der Waals surface area contributed by atoms with Gasteiger partial charge in [0.05, 0.1) is 19.3 Å². The molecule has 2 aromatic rings. The molecule has 0 aromatic heterocycles. The molecule has 5 heteroatoms. The standard InChI is InChI=1S/C18H20BrNO3/c1-3-4-11-23-15-8-6-14(7-9-15)20-18(21)16-12-13(19)5-10-17(16)22-2/h5-10,12H,3-4,11H2,1-2H3,(H,20,21). The van der Waals surface area contributed by atoms with Crippen LogP contribution in [0.1, 0.15) is 30.1 Å². The number of carbonyl (C=O) groups is 1. The minimum Gasteiger partial charge on any atom is -0.496 e. The molecular formula is C18H20BrNO3. The van der Waals surface area contributed by atoms with Gasteiger partial charge in [-0.05, 0) is 48.9 Å². The minimum atomic E-state index is -0.220. The Hall–Kier alpha value is -2.01. The monoisotopic (exact) mass is 377 g/mol. The highest BCUT2D eigenvalue weighted by Crippen LogP contribution is 2.24. The molecule has 0 aliphatic rings. The third-order valence-corrected chi connectivity index (χ3v) is 3.78. The Labute approximate surface area is 144 Å². The van der Waals surface area contributed by atoms with Crippen molar-refractivity contribution < 1.29 is 14.3 Å². The van der Waals surface area contributed by atoms with E-state index in [4.69, 9.17) is 9.47 Å². The highest BCUT2D eigenvalue weighted by atomic mass is 79.9. The smallest absolute Gasteiger partial charge is 0.259 e. The van der Waals surface area contributed by atoms with Crippen molar-refractivity contribution in [2.75, 3.05) is 19.0 Å². The molecule has 0 saturated carbocycles. The molecule has 4 nitrogen and oxygen atoms in total. The predicted molar refractivity (Wildman–Crippen MR) is 95.5 cm³/mol. The highest BCUT2D eigenvalue weighted by molar-refractivity contribution is 9.10. The number of ether oxygens (including phenoxy) is 2. The van der Waals surface area contributed by atoms with E-state index >= 15 is 0 Å². The number of unbranched alkanes of at least 4 members (excludes halogenated alkanes) is 1. The van der Waals surface area contributed by atoms with Crippen molar-refractivity contribution in [1.29, 1.82) is 0 Å². The van der Waals surface area contributed by atoms with Crippen molar-refractivity contribution >= 4 is 27.5 Å². The lowest BCUT2D eigenvalue weighted by Crippen LogP contribution is -2.13. The number of nitrogens with one attached hydrogen (secondary N) is 1. The second-order valence-corrected chi connectivity index (χ2v) is 5.94. The van der Waals surface area contributed by atoms with E-state index < -0.39 is 0 Å². The second kappa shape index (κ2) is 8.58. The molecule has 0 heterocycles. The number of anilines is 1. The normalized spacial score (nSPS) is 10.2. The number of halogens is 1. The van der Waals surface area contributed by atoms with Crippen molar-refractivity contribution in [2.24, 2.45) is 0 Å². The quantitative estimate of drug-likeness (QED) is 0.698. The summed E-state index contributed by atoms with van der Waals surface area (Å²) in [6.07, 6.45) is 2.13. The Bertz CT molecular complexity index is 656. The molecule has 0 aliphatic carbocycles. The summed E-state index contributed by atoms with van der Waals surface area (Å²) >= 11 is 3.37. The second-order valence-electron chi connectivity index (χ2n) is 5.03. The van der Waals surface area contributed by atoms with Gasteiger partial charge in [0.25, 0.3) is 5.91 Å². The molecule has 0 radical (unpaired) electrons. The first-order valence-corrected chi connectivity index (χ1v) is 8.31. The van der Waals surface area contributed by atoms with Gasteiger partial charge in [0.2, 0.25) is 0 Å². The predicted octanol–water partition coefficient (Wildman–Crippen LogP) is 4.89. The van der Waals surface area contributed by atoms with Crippen LogP contribution in [0, 0.1) is 0 Å². The summed E-state index contributed by atoms with van der Waals surface area (Å²) in [7, 11) is 1.54. The Kier molecular flexibility index (Phi) is 6.47. The van der Waals surface area contributed by atoms with Crippen LogP contribution in [0.3, 0.4) is 0 Å². The van der Waals surface area contributed by atoms with E-state index in [1.165, 1.54) is 0 Å². The van der Waals surface area contributed by atoms with Crippen molar-refractivity contribution in [1.82, 2.24) is 0 Å². The maximum absolute atomic E-state index is 12.4. The van der Waals surface area contributed by atoms with Gasteiger partial charge in [-0.15, -0.1) is 0 Å². The molecule has 0 aliphatic heterocycles. The van der Waals surface area contributed by atoms with E-state index in [9.17, 15) is 4.79 Å². The highest BCUT2D eigenvalue weighted by Gasteiger charge is 2.13. The number of carbonyl (C=O) groups excluding carboxylic acids is 1. The summed E-state index contributed by atoms with van der Waals surface area (Å²) in [5.41, 5.74) is 1.19. The zero-order valence-electron chi connectivity index (χ0n) is 13.3.